The van der Waals surface area contributed by atoms with Gasteiger partial charge in [0.2, 0.25) is 0 Å². The summed E-state index contributed by atoms with van der Waals surface area (Å²) >= 11 is 0. The minimum Gasteiger partial charge on any atom is -0.504 e. The molecule has 9 heteroatoms. The lowest BCUT2D eigenvalue weighted by atomic mass is 9.72. The molecule has 1 saturated carbocycles. The fourth-order valence-corrected chi connectivity index (χ4v) is 10.8. The first-order chi connectivity index (χ1) is 30.0. The van der Waals surface area contributed by atoms with E-state index in [0.29, 0.717) is 86.2 Å². The van der Waals surface area contributed by atoms with E-state index in [4.69, 9.17) is 10.5 Å². The van der Waals surface area contributed by atoms with E-state index < -0.39 is 24.0 Å². The zero-order valence-corrected chi connectivity index (χ0v) is 37.1. The second kappa shape index (κ2) is 21.2. The normalized spacial score (nSPS) is 24.7. The molecule has 2 aliphatic carbocycles. The summed E-state index contributed by atoms with van der Waals surface area (Å²) in [5.41, 5.74) is 10.3. The average Bonchev–Trinajstić information content (AvgIpc) is 3.32. The molecule has 2 aliphatic heterocycles. The van der Waals surface area contributed by atoms with E-state index in [1.54, 1.807) is 6.07 Å². The number of aryl methyl sites for hydroxylation is 1. The van der Waals surface area contributed by atoms with Crippen LogP contribution in [0, 0.1) is 41.4 Å². The molecule has 3 aromatic rings. The molecule has 332 valence electrons. The van der Waals surface area contributed by atoms with Gasteiger partial charge in [-0.3, -0.25) is 9.59 Å². The fourth-order valence-electron chi connectivity index (χ4n) is 10.8. The van der Waals surface area contributed by atoms with E-state index in [2.05, 4.69) is 78.8 Å². The second-order valence-corrected chi connectivity index (χ2v) is 19.1. The molecule has 2 heterocycles. The number of hydrogen-bond acceptors (Lipinski definition) is 9. The standard InChI is InChI=1S/C53H69N3O6/c1-33(2)12-20-44(53(41-24-25-55-52(54)29-41)40-14-13-35-9-5-6-10-37(35)27-40)49(60)22-17-36-16-21-43(48(59)23-18-38-28-51(62-3)50(61)31-45(36)38)47(58)11-7-4-8-34-26-39-15-19-42(57)30-46(39)56-32-34/h5-6,9-10,13-14,24,27-29,31,33-34,36,39,43-44,46-47,49,53,55-56,58,60-61H,4,7-8,11-12,15,17-20,22-23,25-26,30,32,54H2,1-3H3. The van der Waals surface area contributed by atoms with Gasteiger partial charge in [0.25, 0.3) is 0 Å². The van der Waals surface area contributed by atoms with Gasteiger partial charge in [0.1, 0.15) is 11.7 Å². The van der Waals surface area contributed by atoms with Crippen molar-refractivity contribution in [3.8, 4) is 23.3 Å². The number of Topliss-reactive ketones (excluding diaryl/α,β-unsaturated/α-hetero) is 2. The largest absolute Gasteiger partial charge is 0.504 e. The van der Waals surface area contributed by atoms with Gasteiger partial charge < -0.3 is 36.4 Å². The molecule has 9 unspecified atom stereocenters. The lowest BCUT2D eigenvalue weighted by molar-refractivity contribution is -0.124. The first kappa shape index (κ1) is 45.4. The highest BCUT2D eigenvalue weighted by atomic mass is 16.5. The van der Waals surface area contributed by atoms with Crippen LogP contribution >= 0.6 is 0 Å². The number of methoxy groups -OCH3 is 1. The Bertz CT molecular complexity index is 2170. The molecule has 7 N–H and O–H groups in total. The molecule has 62 heavy (non-hydrogen) atoms. The van der Waals surface area contributed by atoms with Crippen molar-refractivity contribution in [1.82, 2.24) is 10.6 Å². The maximum Gasteiger partial charge on any atom is 0.160 e. The third kappa shape index (κ3) is 11.3. The van der Waals surface area contributed by atoms with Crippen LogP contribution in [0.3, 0.4) is 0 Å². The summed E-state index contributed by atoms with van der Waals surface area (Å²) in [6.07, 6.45) is 12.8. The number of unbranched alkanes of at least 4 members (excludes halogenated alkanes) is 1. The minimum absolute atomic E-state index is 0.00909. The Kier molecular flexibility index (Phi) is 15.5. The van der Waals surface area contributed by atoms with Gasteiger partial charge in [-0.2, -0.15) is 0 Å². The summed E-state index contributed by atoms with van der Waals surface area (Å²) in [6, 6.07) is 18.8. The molecule has 0 aromatic heterocycles. The Labute approximate surface area is 369 Å². The molecule has 4 aliphatic rings. The Morgan fingerprint density at radius 3 is 2.53 bits per heavy atom. The van der Waals surface area contributed by atoms with Crippen LogP contribution in [0.1, 0.15) is 126 Å². The van der Waals surface area contributed by atoms with Gasteiger partial charge in [-0.1, -0.05) is 93.5 Å². The average molecular weight is 844 g/mol. The molecule has 7 rings (SSSR count). The number of rotatable bonds is 17. The molecule has 0 amide bonds. The molecular weight excluding hydrogens is 775 g/mol. The smallest absolute Gasteiger partial charge is 0.160 e. The number of aliphatic hydroxyl groups excluding tert-OH is 2. The van der Waals surface area contributed by atoms with Gasteiger partial charge in [-0.15, -0.1) is 0 Å². The number of ketones is 2. The number of fused-ring (bicyclic) bond motifs is 3. The van der Waals surface area contributed by atoms with E-state index in [-0.39, 0.29) is 29.8 Å². The molecule has 0 radical (unpaired) electrons. The Morgan fingerprint density at radius 2 is 1.74 bits per heavy atom. The number of carbonyl (C=O) groups excluding carboxylic acids is 2. The van der Waals surface area contributed by atoms with Gasteiger partial charge >= 0.3 is 0 Å². The van der Waals surface area contributed by atoms with Crippen molar-refractivity contribution >= 4 is 22.3 Å². The van der Waals surface area contributed by atoms with Crippen LogP contribution in [-0.4, -0.2) is 65.3 Å². The lowest BCUT2D eigenvalue weighted by Crippen LogP contribution is -2.48. The number of hydrogen-bond donors (Lipinski definition) is 6. The molecule has 9 nitrogen and oxygen atoms in total. The molecule has 2 fully saturated rings. The maximum absolute atomic E-state index is 13.8. The van der Waals surface area contributed by atoms with E-state index in [1.165, 1.54) is 7.11 Å². The molecule has 1 saturated heterocycles. The molecule has 0 bridgehead atoms. The minimum atomic E-state index is -0.884. The van der Waals surface area contributed by atoms with E-state index in [0.717, 1.165) is 84.5 Å². The number of carbonyl (C=O) groups is 2. The first-order valence-corrected chi connectivity index (χ1v) is 23.4. The molecule has 3 aromatic carbocycles. The summed E-state index contributed by atoms with van der Waals surface area (Å²) in [4.78, 5) is 25.8. The third-order valence-corrected chi connectivity index (χ3v) is 14.3. The zero-order valence-electron chi connectivity index (χ0n) is 37.1. The highest BCUT2D eigenvalue weighted by Crippen LogP contribution is 2.43. The van der Waals surface area contributed by atoms with Gasteiger partial charge in [0, 0.05) is 43.7 Å². The van der Waals surface area contributed by atoms with Gasteiger partial charge in [-0.25, -0.2) is 0 Å². The summed E-state index contributed by atoms with van der Waals surface area (Å²) in [7, 11) is 1.52. The van der Waals surface area contributed by atoms with Crippen molar-refractivity contribution in [3.63, 3.8) is 0 Å². The molecule has 9 atom stereocenters. The highest BCUT2D eigenvalue weighted by molar-refractivity contribution is 5.85. The third-order valence-electron chi connectivity index (χ3n) is 14.3. The monoisotopic (exact) mass is 844 g/mol. The second-order valence-electron chi connectivity index (χ2n) is 19.1. The number of phenols is 1. The number of piperidine rings is 1. The van der Waals surface area contributed by atoms with Gasteiger partial charge in [-0.05, 0) is 133 Å². The predicted octanol–water partition coefficient (Wildman–Crippen LogP) is 8.35. The topological polar surface area (TPSA) is 154 Å². The lowest BCUT2D eigenvalue weighted by Gasteiger charge is -2.39. The number of aromatic hydroxyl groups is 1. The number of dihydropyridines is 1. The van der Waals surface area contributed by atoms with Crippen molar-refractivity contribution in [2.45, 2.75) is 134 Å². The summed E-state index contributed by atoms with van der Waals surface area (Å²) < 4.78 is 5.51. The quantitative estimate of drug-likeness (QED) is 0.0582. The van der Waals surface area contributed by atoms with E-state index in [9.17, 15) is 24.9 Å². The number of benzene rings is 3. The first-order valence-electron chi connectivity index (χ1n) is 23.4. The number of allylic oxidation sites excluding steroid dienone is 2. The van der Waals surface area contributed by atoms with Crippen LogP contribution < -0.4 is 21.1 Å². The van der Waals surface area contributed by atoms with Crippen LogP contribution in [-0.2, 0) is 16.0 Å². The SMILES string of the molecule is COc1cc2c(cc1O)C(CCC(O)C(CCC(C)C)C(C1=CCNC(N)=C1)c1ccc3ccccc3c1)C#CC(C(O)CCCCC1CNC3CC(=O)CCC3C1)C(=O)CC2. The van der Waals surface area contributed by atoms with Gasteiger partial charge in [0.05, 0.1) is 25.1 Å². The van der Waals surface area contributed by atoms with Crippen LogP contribution in [0.25, 0.3) is 10.8 Å². The molecule has 0 spiro atoms. The number of aliphatic hydroxyl groups is 2. The van der Waals surface area contributed by atoms with Gasteiger partial charge in [0.15, 0.2) is 17.3 Å². The van der Waals surface area contributed by atoms with E-state index >= 15 is 0 Å². The van der Waals surface area contributed by atoms with Crippen molar-refractivity contribution in [1.29, 1.82) is 0 Å². The summed E-state index contributed by atoms with van der Waals surface area (Å²) in [6.45, 7) is 5.99. The van der Waals surface area contributed by atoms with Crippen LogP contribution in [0.2, 0.25) is 0 Å². The van der Waals surface area contributed by atoms with Crippen LogP contribution in [0.15, 0.2) is 78.1 Å². The van der Waals surface area contributed by atoms with Crippen LogP contribution in [0.5, 0.6) is 11.5 Å². The van der Waals surface area contributed by atoms with Crippen molar-refractivity contribution in [2.75, 3.05) is 20.2 Å². The van der Waals surface area contributed by atoms with Crippen molar-refractivity contribution < 1.29 is 29.6 Å². The summed E-state index contributed by atoms with van der Waals surface area (Å²) in [5, 5.41) is 44.3. The van der Waals surface area contributed by atoms with E-state index in [1.807, 2.05) is 18.2 Å². The summed E-state index contributed by atoms with van der Waals surface area (Å²) in [5.74, 6) is 8.10. The number of nitrogens with two attached hydrogens (primary N) is 1. The highest BCUT2D eigenvalue weighted by Gasteiger charge is 2.36. The maximum atomic E-state index is 13.8. The van der Waals surface area contributed by atoms with Crippen molar-refractivity contribution in [2.24, 2.45) is 35.3 Å². The zero-order chi connectivity index (χ0) is 43.8. The number of ether oxygens (including phenoxy) is 1. The Morgan fingerprint density at radius 1 is 0.919 bits per heavy atom. The Balaban J connectivity index is 1.11. The predicted molar refractivity (Wildman–Crippen MR) is 247 cm³/mol. The fraction of sp³-hybridized carbons (Fsp3) is 0.547. The number of phenolic OH excluding ortho intramolecular Hbond substituents is 1. The van der Waals surface area contributed by atoms with Crippen LogP contribution in [0.4, 0.5) is 0 Å². The Hall–Kier alpha value is -4.62. The molecular formula is C53H69N3O6. The van der Waals surface area contributed by atoms with Crippen molar-refractivity contribution in [3.05, 3.63) is 94.8 Å². The number of nitrogens with one attached hydrogen (secondary N) is 2.